The van der Waals surface area contributed by atoms with Crippen LogP contribution in [-0.2, 0) is 0 Å². The minimum atomic E-state index is -0.135. The summed E-state index contributed by atoms with van der Waals surface area (Å²) in [5.74, 6) is 0.830. The van der Waals surface area contributed by atoms with Crippen LogP contribution in [0.1, 0.15) is 45.7 Å². The van der Waals surface area contributed by atoms with E-state index in [9.17, 15) is 4.79 Å². The largest absolute Gasteiger partial charge is 0.494 e. The summed E-state index contributed by atoms with van der Waals surface area (Å²) in [5.41, 5.74) is 1.03. The Bertz CT molecular complexity index is 407. The summed E-state index contributed by atoms with van der Waals surface area (Å²) in [7, 11) is 0. The molecule has 0 saturated heterocycles. The maximum Gasteiger partial charge on any atom is 0.315 e. The molecule has 2 unspecified atom stereocenters. The Labute approximate surface area is 115 Å². The molecule has 0 aliphatic heterocycles. The van der Waals surface area contributed by atoms with Gasteiger partial charge in [0.25, 0.3) is 0 Å². The lowest BCUT2D eigenvalue weighted by molar-refractivity contribution is 0.234. The topological polar surface area (TPSA) is 50.4 Å². The quantitative estimate of drug-likeness (QED) is 0.828. The highest BCUT2D eigenvalue weighted by molar-refractivity contribution is 5.74. The molecule has 0 aliphatic carbocycles. The third-order valence-electron chi connectivity index (χ3n) is 3.01. The maximum atomic E-state index is 11.8. The molecule has 0 bridgehead atoms. The van der Waals surface area contributed by atoms with Crippen LogP contribution in [0.25, 0.3) is 0 Å². The second-order valence-corrected chi connectivity index (χ2v) is 4.65. The van der Waals surface area contributed by atoms with Crippen molar-refractivity contribution in [2.45, 2.75) is 46.2 Å². The third-order valence-corrected chi connectivity index (χ3v) is 3.01. The Morgan fingerprint density at radius 2 is 2.00 bits per heavy atom. The molecule has 1 aromatic rings. The van der Waals surface area contributed by atoms with Gasteiger partial charge in [0.2, 0.25) is 0 Å². The Hall–Kier alpha value is -1.71. The zero-order valence-corrected chi connectivity index (χ0v) is 12.2. The van der Waals surface area contributed by atoms with Gasteiger partial charge in [0.1, 0.15) is 5.75 Å². The number of carbonyl (C=O) groups is 1. The number of amides is 2. The number of rotatable bonds is 6. The van der Waals surface area contributed by atoms with Crippen LogP contribution in [0.15, 0.2) is 24.3 Å². The fourth-order valence-corrected chi connectivity index (χ4v) is 1.69. The Morgan fingerprint density at radius 3 is 2.63 bits per heavy atom. The van der Waals surface area contributed by atoms with Gasteiger partial charge in [-0.05, 0) is 44.9 Å². The Morgan fingerprint density at radius 1 is 1.26 bits per heavy atom. The van der Waals surface area contributed by atoms with Crippen LogP contribution in [0.2, 0.25) is 0 Å². The SMILES string of the molecule is CCOc1cccc(C(C)NC(=O)NC(C)CC)c1. The molecule has 19 heavy (non-hydrogen) atoms. The highest BCUT2D eigenvalue weighted by atomic mass is 16.5. The third kappa shape index (κ3) is 5.20. The van der Waals surface area contributed by atoms with Crippen LogP contribution in [0.4, 0.5) is 4.79 Å². The van der Waals surface area contributed by atoms with Crippen LogP contribution >= 0.6 is 0 Å². The summed E-state index contributed by atoms with van der Waals surface area (Å²) in [6.45, 7) is 8.58. The molecule has 2 N–H and O–H groups in total. The molecule has 0 saturated carbocycles. The second-order valence-electron chi connectivity index (χ2n) is 4.65. The van der Waals surface area contributed by atoms with E-state index in [2.05, 4.69) is 10.6 Å². The molecule has 0 aliphatic rings. The van der Waals surface area contributed by atoms with E-state index in [0.29, 0.717) is 6.61 Å². The lowest BCUT2D eigenvalue weighted by Crippen LogP contribution is -2.41. The Balaban J connectivity index is 2.59. The van der Waals surface area contributed by atoms with Crippen LogP contribution in [0.5, 0.6) is 5.75 Å². The molecule has 106 valence electrons. The lowest BCUT2D eigenvalue weighted by Gasteiger charge is -2.18. The molecule has 4 heteroatoms. The lowest BCUT2D eigenvalue weighted by atomic mass is 10.1. The van der Waals surface area contributed by atoms with E-state index in [4.69, 9.17) is 4.74 Å². The van der Waals surface area contributed by atoms with Crippen molar-refractivity contribution in [2.24, 2.45) is 0 Å². The minimum Gasteiger partial charge on any atom is -0.494 e. The van der Waals surface area contributed by atoms with Gasteiger partial charge in [-0.25, -0.2) is 4.79 Å². The first-order chi connectivity index (χ1) is 9.06. The normalized spacial score (nSPS) is 13.5. The van der Waals surface area contributed by atoms with Crippen molar-refractivity contribution < 1.29 is 9.53 Å². The van der Waals surface area contributed by atoms with Gasteiger partial charge < -0.3 is 15.4 Å². The number of benzene rings is 1. The molecule has 0 radical (unpaired) electrons. The van der Waals surface area contributed by atoms with Gasteiger partial charge in [-0.15, -0.1) is 0 Å². The molecular formula is C15H24N2O2. The number of hydrogen-bond donors (Lipinski definition) is 2. The van der Waals surface area contributed by atoms with Crippen molar-refractivity contribution in [1.29, 1.82) is 0 Å². The second kappa shape index (κ2) is 7.67. The standard InChI is InChI=1S/C15H24N2O2/c1-5-11(3)16-15(18)17-12(4)13-8-7-9-14(10-13)19-6-2/h7-12H,5-6H2,1-4H3,(H2,16,17,18). The van der Waals surface area contributed by atoms with Crippen LogP contribution in [-0.4, -0.2) is 18.7 Å². The van der Waals surface area contributed by atoms with Crippen LogP contribution < -0.4 is 15.4 Å². The van der Waals surface area contributed by atoms with Gasteiger partial charge in [0, 0.05) is 6.04 Å². The summed E-state index contributed by atoms with van der Waals surface area (Å²) in [5, 5.41) is 5.81. The molecule has 2 atom stereocenters. The molecule has 2 amide bonds. The number of carbonyl (C=O) groups excluding carboxylic acids is 1. The zero-order chi connectivity index (χ0) is 14.3. The molecule has 1 aromatic carbocycles. The monoisotopic (exact) mass is 264 g/mol. The molecule has 0 aromatic heterocycles. The summed E-state index contributed by atoms with van der Waals surface area (Å²) >= 11 is 0. The molecule has 0 fully saturated rings. The zero-order valence-electron chi connectivity index (χ0n) is 12.2. The predicted octanol–water partition coefficient (Wildman–Crippen LogP) is 3.24. The van der Waals surface area contributed by atoms with Gasteiger partial charge in [0.05, 0.1) is 12.6 Å². The molecule has 1 rings (SSSR count). The van der Waals surface area contributed by atoms with Gasteiger partial charge in [-0.3, -0.25) is 0 Å². The van der Waals surface area contributed by atoms with Crippen molar-refractivity contribution in [3.63, 3.8) is 0 Å². The van der Waals surface area contributed by atoms with Crippen molar-refractivity contribution in [2.75, 3.05) is 6.61 Å². The van der Waals surface area contributed by atoms with E-state index in [1.165, 1.54) is 0 Å². The number of urea groups is 1. The summed E-state index contributed by atoms with van der Waals surface area (Å²) < 4.78 is 5.46. The molecular weight excluding hydrogens is 240 g/mol. The number of hydrogen-bond acceptors (Lipinski definition) is 2. The highest BCUT2D eigenvalue weighted by Crippen LogP contribution is 2.19. The van der Waals surface area contributed by atoms with Crippen LogP contribution in [0.3, 0.4) is 0 Å². The van der Waals surface area contributed by atoms with Crippen LogP contribution in [0, 0.1) is 0 Å². The van der Waals surface area contributed by atoms with Gasteiger partial charge >= 0.3 is 6.03 Å². The van der Waals surface area contributed by atoms with Gasteiger partial charge in [0.15, 0.2) is 0 Å². The molecule has 0 spiro atoms. The van der Waals surface area contributed by atoms with Gasteiger partial charge in [-0.2, -0.15) is 0 Å². The fraction of sp³-hybridized carbons (Fsp3) is 0.533. The van der Waals surface area contributed by atoms with E-state index >= 15 is 0 Å². The average molecular weight is 264 g/mol. The number of nitrogens with one attached hydrogen (secondary N) is 2. The molecule has 4 nitrogen and oxygen atoms in total. The van der Waals surface area contributed by atoms with Crippen molar-refractivity contribution in [3.8, 4) is 5.75 Å². The highest BCUT2D eigenvalue weighted by Gasteiger charge is 2.11. The Kier molecular flexibility index (Phi) is 6.19. The van der Waals surface area contributed by atoms with E-state index in [-0.39, 0.29) is 18.1 Å². The average Bonchev–Trinajstić information content (AvgIpc) is 2.39. The smallest absolute Gasteiger partial charge is 0.315 e. The molecule has 0 heterocycles. The van der Waals surface area contributed by atoms with E-state index in [0.717, 1.165) is 17.7 Å². The first-order valence-electron chi connectivity index (χ1n) is 6.86. The van der Waals surface area contributed by atoms with Crippen molar-refractivity contribution in [1.82, 2.24) is 10.6 Å². The summed E-state index contributed by atoms with van der Waals surface area (Å²) in [4.78, 5) is 11.8. The maximum absolute atomic E-state index is 11.8. The number of ether oxygens (including phenoxy) is 1. The van der Waals surface area contributed by atoms with Crippen molar-refractivity contribution >= 4 is 6.03 Å². The minimum absolute atomic E-state index is 0.0514. The first kappa shape index (κ1) is 15.3. The van der Waals surface area contributed by atoms with Gasteiger partial charge in [-0.1, -0.05) is 19.1 Å². The fourth-order valence-electron chi connectivity index (χ4n) is 1.69. The van der Waals surface area contributed by atoms with E-state index in [1.807, 2.05) is 52.0 Å². The van der Waals surface area contributed by atoms with E-state index < -0.39 is 0 Å². The predicted molar refractivity (Wildman–Crippen MR) is 77.4 cm³/mol. The van der Waals surface area contributed by atoms with E-state index in [1.54, 1.807) is 0 Å². The van der Waals surface area contributed by atoms with Crippen molar-refractivity contribution in [3.05, 3.63) is 29.8 Å². The summed E-state index contributed by atoms with van der Waals surface area (Å²) in [6, 6.07) is 7.79. The first-order valence-corrected chi connectivity index (χ1v) is 6.86. The summed E-state index contributed by atoms with van der Waals surface area (Å²) in [6.07, 6.45) is 0.918.